The highest BCUT2D eigenvalue weighted by Crippen LogP contribution is 2.26. The molecule has 0 aliphatic rings. The van der Waals surface area contributed by atoms with Gasteiger partial charge in [-0.1, -0.05) is 43.3 Å². The molecule has 0 amide bonds. The second-order valence-corrected chi connectivity index (χ2v) is 5.04. The zero-order valence-electron chi connectivity index (χ0n) is 12.1. The van der Waals surface area contributed by atoms with Crippen LogP contribution in [0.5, 0.6) is 0 Å². The highest BCUT2D eigenvalue weighted by atomic mass is 16.1. The van der Waals surface area contributed by atoms with Gasteiger partial charge >= 0.3 is 0 Å². The van der Waals surface area contributed by atoms with Gasteiger partial charge in [-0.2, -0.15) is 14.9 Å². The lowest BCUT2D eigenvalue weighted by Crippen LogP contribution is -2.22. The Balaban J connectivity index is 2.45. The number of H-pyrrole nitrogens is 1. The zero-order valence-corrected chi connectivity index (χ0v) is 12.1. The number of allylic oxidation sites excluding steroid dienone is 1. The molecule has 3 rings (SSSR count). The van der Waals surface area contributed by atoms with Gasteiger partial charge in [0.05, 0.1) is 17.5 Å². The predicted molar refractivity (Wildman–Crippen MR) is 84.6 cm³/mol. The molecule has 0 bridgehead atoms. The largest absolute Gasteiger partial charge is 0.338 e. The van der Waals surface area contributed by atoms with E-state index in [0.29, 0.717) is 22.5 Å². The molecule has 0 fully saturated rings. The number of benzene rings is 1. The van der Waals surface area contributed by atoms with Crippen LogP contribution in [0.3, 0.4) is 0 Å². The van der Waals surface area contributed by atoms with Gasteiger partial charge in [0.25, 0.3) is 5.56 Å². The summed E-state index contributed by atoms with van der Waals surface area (Å²) in [5.74, 6) is -0.141. The Labute approximate surface area is 127 Å². The van der Waals surface area contributed by atoms with Gasteiger partial charge in [0, 0.05) is 5.92 Å². The molecule has 0 saturated heterocycles. The lowest BCUT2D eigenvalue weighted by Gasteiger charge is -2.13. The molecule has 22 heavy (non-hydrogen) atoms. The summed E-state index contributed by atoms with van der Waals surface area (Å²) in [5, 5.41) is 13.2. The van der Waals surface area contributed by atoms with Crippen LogP contribution in [0.4, 0.5) is 0 Å². The summed E-state index contributed by atoms with van der Waals surface area (Å²) in [5.41, 5.74) is 2.68. The third kappa shape index (κ3) is 2.02. The number of nitrogens with zero attached hydrogens (tertiary/aromatic N) is 3. The van der Waals surface area contributed by atoms with E-state index >= 15 is 0 Å². The number of hydrogen-bond acceptors (Lipinski definition) is 3. The molecule has 1 atom stereocenters. The first-order valence-corrected chi connectivity index (χ1v) is 6.89. The van der Waals surface area contributed by atoms with E-state index in [0.717, 1.165) is 5.56 Å². The molecule has 0 spiro atoms. The number of rotatable bonds is 3. The fraction of sp³-hybridized carbons (Fsp3) is 0.118. The van der Waals surface area contributed by atoms with Crippen LogP contribution in [0.1, 0.15) is 24.0 Å². The van der Waals surface area contributed by atoms with Gasteiger partial charge in [0.2, 0.25) is 0 Å². The topological polar surface area (TPSA) is 73.9 Å². The zero-order chi connectivity index (χ0) is 15.7. The minimum Gasteiger partial charge on any atom is -0.338 e. The number of nitriles is 1. The van der Waals surface area contributed by atoms with E-state index in [-0.39, 0.29) is 11.5 Å². The standard InChI is InChI=1S/C17H14N4O/c1-3-11(2)14-15(12-7-5-4-6-8-12)20-16-13(9-18)10-19-21(16)17(14)22/h3-8,10-11,20H,1H2,2H3. The van der Waals surface area contributed by atoms with Crippen molar-refractivity contribution >= 4 is 5.65 Å². The molecule has 0 saturated carbocycles. The Morgan fingerprint density at radius 1 is 1.41 bits per heavy atom. The van der Waals surface area contributed by atoms with Crippen LogP contribution in [0.2, 0.25) is 0 Å². The van der Waals surface area contributed by atoms with E-state index in [1.807, 2.05) is 43.3 Å². The summed E-state index contributed by atoms with van der Waals surface area (Å²) in [6, 6.07) is 11.6. The van der Waals surface area contributed by atoms with Gasteiger partial charge in [-0.3, -0.25) is 4.79 Å². The van der Waals surface area contributed by atoms with E-state index in [4.69, 9.17) is 5.26 Å². The van der Waals surface area contributed by atoms with Crippen LogP contribution in [0, 0.1) is 11.3 Å². The monoisotopic (exact) mass is 290 g/mol. The molecule has 1 unspecified atom stereocenters. The third-order valence-electron chi connectivity index (χ3n) is 3.70. The Hall–Kier alpha value is -3.13. The predicted octanol–water partition coefficient (Wildman–Crippen LogP) is 2.85. The van der Waals surface area contributed by atoms with Gasteiger partial charge in [0.1, 0.15) is 11.6 Å². The van der Waals surface area contributed by atoms with Crippen molar-refractivity contribution in [3.63, 3.8) is 0 Å². The number of nitrogens with one attached hydrogen (secondary N) is 1. The maximum absolute atomic E-state index is 12.8. The first kappa shape index (κ1) is 13.8. The number of aromatic nitrogens is 3. The SMILES string of the molecule is C=CC(C)c1c(-c2ccccc2)[nH]c2c(C#N)cnn2c1=O. The molecular weight excluding hydrogens is 276 g/mol. The average molecular weight is 290 g/mol. The average Bonchev–Trinajstić information content (AvgIpc) is 2.98. The van der Waals surface area contributed by atoms with Crippen LogP contribution in [-0.4, -0.2) is 14.6 Å². The van der Waals surface area contributed by atoms with Crippen molar-refractivity contribution in [2.24, 2.45) is 0 Å². The van der Waals surface area contributed by atoms with Gasteiger partial charge in [-0.15, -0.1) is 6.58 Å². The highest BCUT2D eigenvalue weighted by molar-refractivity contribution is 5.68. The molecule has 108 valence electrons. The molecule has 0 radical (unpaired) electrons. The molecule has 1 N–H and O–H groups in total. The van der Waals surface area contributed by atoms with Crippen LogP contribution in [0.15, 0.2) is 54.0 Å². The van der Waals surface area contributed by atoms with Crippen LogP contribution in [0.25, 0.3) is 16.9 Å². The Kier molecular flexibility index (Phi) is 3.36. The smallest absolute Gasteiger partial charge is 0.278 e. The van der Waals surface area contributed by atoms with E-state index in [1.54, 1.807) is 6.08 Å². The lowest BCUT2D eigenvalue weighted by molar-refractivity contribution is 0.840. The molecule has 5 nitrogen and oxygen atoms in total. The maximum Gasteiger partial charge on any atom is 0.278 e. The summed E-state index contributed by atoms with van der Waals surface area (Å²) >= 11 is 0. The molecular formula is C17H14N4O. The summed E-state index contributed by atoms with van der Waals surface area (Å²) in [6.07, 6.45) is 3.11. The first-order chi connectivity index (χ1) is 10.7. The summed E-state index contributed by atoms with van der Waals surface area (Å²) in [6.45, 7) is 5.69. The lowest BCUT2D eigenvalue weighted by atomic mass is 9.97. The second-order valence-electron chi connectivity index (χ2n) is 5.04. The van der Waals surface area contributed by atoms with Gasteiger partial charge in [0.15, 0.2) is 5.65 Å². The highest BCUT2D eigenvalue weighted by Gasteiger charge is 2.19. The quantitative estimate of drug-likeness (QED) is 0.754. The second kappa shape index (κ2) is 5.34. The number of hydrogen-bond donors (Lipinski definition) is 1. The fourth-order valence-electron chi connectivity index (χ4n) is 2.48. The molecule has 5 heteroatoms. The Bertz CT molecular complexity index is 944. The van der Waals surface area contributed by atoms with E-state index < -0.39 is 0 Å². The van der Waals surface area contributed by atoms with E-state index in [1.165, 1.54) is 10.7 Å². The van der Waals surface area contributed by atoms with Crippen LogP contribution >= 0.6 is 0 Å². The van der Waals surface area contributed by atoms with Crippen molar-refractivity contribution in [2.45, 2.75) is 12.8 Å². The summed E-state index contributed by atoms with van der Waals surface area (Å²) < 4.78 is 1.24. The number of aromatic amines is 1. The third-order valence-corrected chi connectivity index (χ3v) is 3.70. The minimum atomic E-state index is -0.235. The van der Waals surface area contributed by atoms with Crippen molar-refractivity contribution in [2.75, 3.05) is 0 Å². The Morgan fingerprint density at radius 3 is 2.77 bits per heavy atom. The normalized spacial score (nSPS) is 12.0. The molecule has 2 aromatic heterocycles. The molecule has 2 heterocycles. The van der Waals surface area contributed by atoms with E-state index in [9.17, 15) is 4.79 Å². The summed E-state index contributed by atoms with van der Waals surface area (Å²) in [7, 11) is 0. The van der Waals surface area contributed by atoms with Crippen molar-refractivity contribution in [3.05, 3.63) is 70.7 Å². The summed E-state index contributed by atoms with van der Waals surface area (Å²) in [4.78, 5) is 16.0. The Morgan fingerprint density at radius 2 is 2.14 bits per heavy atom. The minimum absolute atomic E-state index is 0.141. The molecule has 0 aliphatic heterocycles. The number of fused-ring (bicyclic) bond motifs is 1. The molecule has 0 aliphatic carbocycles. The molecule has 3 aromatic rings. The van der Waals surface area contributed by atoms with Crippen LogP contribution < -0.4 is 5.56 Å². The van der Waals surface area contributed by atoms with Crippen molar-refractivity contribution in [1.29, 1.82) is 5.26 Å². The van der Waals surface area contributed by atoms with Crippen molar-refractivity contribution < 1.29 is 0 Å². The van der Waals surface area contributed by atoms with Crippen molar-refractivity contribution in [3.8, 4) is 17.3 Å². The fourth-order valence-corrected chi connectivity index (χ4v) is 2.48. The van der Waals surface area contributed by atoms with Crippen LogP contribution in [-0.2, 0) is 0 Å². The van der Waals surface area contributed by atoms with E-state index in [2.05, 4.69) is 16.7 Å². The van der Waals surface area contributed by atoms with Gasteiger partial charge in [-0.25, -0.2) is 0 Å². The van der Waals surface area contributed by atoms with Gasteiger partial charge in [-0.05, 0) is 5.56 Å². The van der Waals surface area contributed by atoms with Gasteiger partial charge < -0.3 is 4.98 Å². The molecule has 1 aromatic carbocycles. The van der Waals surface area contributed by atoms with Crippen molar-refractivity contribution in [1.82, 2.24) is 14.6 Å². The maximum atomic E-state index is 12.8. The first-order valence-electron chi connectivity index (χ1n) is 6.89.